The second kappa shape index (κ2) is 5.27. The number of amidine groups is 1. The van der Waals surface area contributed by atoms with Crippen LogP contribution in [0.25, 0.3) is 0 Å². The van der Waals surface area contributed by atoms with E-state index in [4.69, 9.17) is 5.73 Å². The molecule has 0 fully saturated rings. The SMILES string of the molecule is N/C(=N\OC(=O)c1cc([N+](=O)[O-])[nH]n1)c1cccs1. The van der Waals surface area contributed by atoms with Crippen molar-refractivity contribution in [1.82, 2.24) is 10.2 Å². The zero-order valence-electron chi connectivity index (χ0n) is 9.27. The van der Waals surface area contributed by atoms with Crippen LogP contribution in [-0.4, -0.2) is 26.9 Å². The monoisotopic (exact) mass is 281 g/mol. The maximum absolute atomic E-state index is 11.5. The van der Waals surface area contributed by atoms with Gasteiger partial charge in [0.05, 0.1) is 10.9 Å². The lowest BCUT2D eigenvalue weighted by Gasteiger charge is -1.95. The van der Waals surface area contributed by atoms with Gasteiger partial charge < -0.3 is 20.7 Å². The normalized spacial score (nSPS) is 11.3. The molecule has 2 rings (SSSR count). The van der Waals surface area contributed by atoms with Gasteiger partial charge in [0.25, 0.3) is 0 Å². The van der Waals surface area contributed by atoms with Crippen molar-refractivity contribution < 1.29 is 14.6 Å². The molecule has 10 heteroatoms. The summed E-state index contributed by atoms with van der Waals surface area (Å²) in [5.41, 5.74) is 5.31. The highest BCUT2D eigenvalue weighted by molar-refractivity contribution is 7.12. The lowest BCUT2D eigenvalue weighted by molar-refractivity contribution is -0.389. The number of H-pyrrole nitrogens is 1. The standard InChI is InChI=1S/C9H7N5O4S/c10-8(6-2-1-3-19-6)13-18-9(15)5-4-7(12-11-5)14(16)17/h1-4H,(H2,10,13)(H,11,12). The molecule has 0 amide bonds. The summed E-state index contributed by atoms with van der Waals surface area (Å²) in [6.45, 7) is 0. The Balaban J connectivity index is 2.05. The first-order valence-electron chi connectivity index (χ1n) is 4.86. The van der Waals surface area contributed by atoms with Crippen LogP contribution in [0.15, 0.2) is 28.7 Å². The van der Waals surface area contributed by atoms with Gasteiger partial charge in [-0.05, 0) is 16.4 Å². The highest BCUT2D eigenvalue weighted by atomic mass is 32.1. The number of rotatable bonds is 4. The van der Waals surface area contributed by atoms with Crippen LogP contribution in [0.1, 0.15) is 15.4 Å². The summed E-state index contributed by atoms with van der Waals surface area (Å²) in [5.74, 6) is -1.32. The minimum Gasteiger partial charge on any atom is -0.380 e. The Morgan fingerprint density at radius 2 is 2.42 bits per heavy atom. The maximum atomic E-state index is 11.5. The van der Waals surface area contributed by atoms with Gasteiger partial charge in [-0.25, -0.2) is 4.79 Å². The average molecular weight is 281 g/mol. The van der Waals surface area contributed by atoms with E-state index < -0.39 is 16.7 Å². The van der Waals surface area contributed by atoms with E-state index in [2.05, 4.69) is 20.2 Å². The Morgan fingerprint density at radius 3 is 3.00 bits per heavy atom. The van der Waals surface area contributed by atoms with E-state index in [0.29, 0.717) is 4.88 Å². The summed E-state index contributed by atoms with van der Waals surface area (Å²) < 4.78 is 0. The van der Waals surface area contributed by atoms with Crippen molar-refractivity contribution >= 4 is 29.0 Å². The maximum Gasteiger partial charge on any atom is 0.388 e. The van der Waals surface area contributed by atoms with Crippen LogP contribution < -0.4 is 5.73 Å². The number of aromatic nitrogens is 2. The summed E-state index contributed by atoms with van der Waals surface area (Å²) in [6, 6.07) is 4.41. The van der Waals surface area contributed by atoms with Crippen LogP contribution >= 0.6 is 11.3 Å². The summed E-state index contributed by atoms with van der Waals surface area (Å²) in [4.78, 5) is 26.3. The van der Waals surface area contributed by atoms with Gasteiger partial charge >= 0.3 is 11.8 Å². The zero-order valence-corrected chi connectivity index (χ0v) is 10.1. The molecule has 0 unspecified atom stereocenters. The molecule has 0 radical (unpaired) electrons. The molecule has 2 aromatic heterocycles. The number of carbonyl (C=O) groups is 1. The number of carbonyl (C=O) groups excluding carboxylic acids is 1. The molecule has 3 N–H and O–H groups in total. The Bertz CT molecular complexity index is 633. The van der Waals surface area contributed by atoms with Crippen LogP contribution in [0.5, 0.6) is 0 Å². The number of hydrogen-bond acceptors (Lipinski definition) is 7. The quantitative estimate of drug-likeness (QED) is 0.280. The van der Waals surface area contributed by atoms with Gasteiger partial charge in [-0.2, -0.15) is 0 Å². The summed E-state index contributed by atoms with van der Waals surface area (Å²) in [7, 11) is 0. The van der Waals surface area contributed by atoms with Gasteiger partial charge in [0.15, 0.2) is 5.84 Å². The van der Waals surface area contributed by atoms with Crippen molar-refractivity contribution in [1.29, 1.82) is 0 Å². The number of nitrogens with zero attached hydrogens (tertiary/aromatic N) is 3. The van der Waals surface area contributed by atoms with Gasteiger partial charge in [0.1, 0.15) is 0 Å². The molecular weight excluding hydrogens is 274 g/mol. The third kappa shape index (κ3) is 2.93. The van der Waals surface area contributed by atoms with E-state index >= 15 is 0 Å². The van der Waals surface area contributed by atoms with E-state index in [1.54, 1.807) is 17.5 Å². The van der Waals surface area contributed by atoms with Crippen LogP contribution in [-0.2, 0) is 4.84 Å². The molecule has 2 heterocycles. The summed E-state index contributed by atoms with van der Waals surface area (Å²) >= 11 is 1.33. The van der Waals surface area contributed by atoms with Crippen LogP contribution in [0.3, 0.4) is 0 Å². The molecule has 0 aliphatic heterocycles. The van der Waals surface area contributed by atoms with Gasteiger partial charge in [-0.3, -0.25) is 0 Å². The Morgan fingerprint density at radius 1 is 1.63 bits per heavy atom. The number of hydrogen-bond donors (Lipinski definition) is 2. The Hall–Kier alpha value is -2.75. The molecule has 0 atom stereocenters. The van der Waals surface area contributed by atoms with E-state index in [9.17, 15) is 14.9 Å². The Kier molecular flexibility index (Phi) is 3.52. The first-order chi connectivity index (χ1) is 9.08. The van der Waals surface area contributed by atoms with Crippen molar-refractivity contribution in [3.8, 4) is 0 Å². The zero-order chi connectivity index (χ0) is 13.8. The van der Waals surface area contributed by atoms with Crippen LogP contribution in [0, 0.1) is 10.1 Å². The molecule has 98 valence electrons. The van der Waals surface area contributed by atoms with Gasteiger partial charge in [-0.15, -0.1) is 16.4 Å². The van der Waals surface area contributed by atoms with E-state index in [1.807, 2.05) is 0 Å². The van der Waals surface area contributed by atoms with Crippen molar-refractivity contribution in [3.63, 3.8) is 0 Å². The first-order valence-corrected chi connectivity index (χ1v) is 5.74. The molecule has 19 heavy (non-hydrogen) atoms. The fraction of sp³-hybridized carbons (Fsp3) is 0. The van der Waals surface area contributed by atoms with E-state index in [0.717, 1.165) is 6.07 Å². The highest BCUT2D eigenvalue weighted by Gasteiger charge is 2.18. The molecule has 0 aliphatic carbocycles. The second-order valence-electron chi connectivity index (χ2n) is 3.23. The number of aromatic amines is 1. The minimum absolute atomic E-state index is 0.0355. The first kappa shape index (κ1) is 12.7. The Labute approximate surface area is 109 Å². The molecule has 0 saturated heterocycles. The van der Waals surface area contributed by atoms with E-state index in [1.165, 1.54) is 11.3 Å². The lowest BCUT2D eigenvalue weighted by atomic mass is 10.4. The molecule has 0 aliphatic rings. The fourth-order valence-electron chi connectivity index (χ4n) is 1.12. The molecule has 0 aromatic carbocycles. The van der Waals surface area contributed by atoms with Crippen molar-refractivity contribution in [2.24, 2.45) is 10.9 Å². The molecular formula is C9H7N5O4S. The topological polar surface area (TPSA) is 136 Å². The van der Waals surface area contributed by atoms with Crippen LogP contribution in [0.2, 0.25) is 0 Å². The average Bonchev–Trinajstić information content (AvgIpc) is 3.05. The van der Waals surface area contributed by atoms with Gasteiger partial charge in [0.2, 0.25) is 5.69 Å². The lowest BCUT2D eigenvalue weighted by Crippen LogP contribution is -2.13. The number of nitrogens with two attached hydrogens (primary N) is 1. The third-order valence-corrected chi connectivity index (χ3v) is 2.86. The van der Waals surface area contributed by atoms with Crippen molar-refractivity contribution in [2.45, 2.75) is 0 Å². The molecule has 0 bridgehead atoms. The summed E-state index contributed by atoms with van der Waals surface area (Å²) in [5, 5.41) is 21.1. The van der Waals surface area contributed by atoms with Gasteiger partial charge in [0, 0.05) is 0 Å². The highest BCUT2D eigenvalue weighted by Crippen LogP contribution is 2.10. The largest absolute Gasteiger partial charge is 0.388 e. The summed E-state index contributed by atoms with van der Waals surface area (Å²) in [6.07, 6.45) is 0. The predicted octanol–water partition coefficient (Wildman–Crippen LogP) is 0.857. The number of oxime groups is 1. The number of nitro groups is 1. The van der Waals surface area contributed by atoms with Crippen molar-refractivity contribution in [3.05, 3.63) is 44.3 Å². The minimum atomic E-state index is -0.941. The van der Waals surface area contributed by atoms with Crippen molar-refractivity contribution in [2.75, 3.05) is 0 Å². The molecule has 2 aromatic rings. The van der Waals surface area contributed by atoms with Crippen LogP contribution in [0.4, 0.5) is 5.82 Å². The van der Waals surface area contributed by atoms with E-state index in [-0.39, 0.29) is 11.5 Å². The fourth-order valence-corrected chi connectivity index (χ4v) is 1.74. The molecule has 9 nitrogen and oxygen atoms in total. The molecule has 0 spiro atoms. The van der Waals surface area contributed by atoms with Gasteiger partial charge in [-0.1, -0.05) is 16.3 Å². The molecule has 0 saturated carbocycles. The number of thiophene rings is 1. The third-order valence-electron chi connectivity index (χ3n) is 1.97. The smallest absolute Gasteiger partial charge is 0.380 e. The predicted molar refractivity (Wildman–Crippen MR) is 65.7 cm³/mol. The number of nitrogens with one attached hydrogen (secondary N) is 1. The second-order valence-corrected chi connectivity index (χ2v) is 4.18.